The van der Waals surface area contributed by atoms with Gasteiger partial charge in [0.05, 0.1) is 4.92 Å². The largest absolute Gasteiger partial charge is 0.477 e. The Bertz CT molecular complexity index is 767. The van der Waals surface area contributed by atoms with Gasteiger partial charge in [-0.1, -0.05) is 15.9 Å². The van der Waals surface area contributed by atoms with Crippen LogP contribution in [0.3, 0.4) is 0 Å². The normalized spacial score (nSPS) is 10.2. The fourth-order valence-electron chi connectivity index (χ4n) is 1.85. The SMILES string of the molecule is Cc1cc(Br)ccc1NC(=O)COc1cc(F)ccc1[N+](=O)[O-]. The van der Waals surface area contributed by atoms with Crippen molar-refractivity contribution in [2.24, 2.45) is 0 Å². The summed E-state index contributed by atoms with van der Waals surface area (Å²) in [4.78, 5) is 22.0. The van der Waals surface area contributed by atoms with Crippen molar-refractivity contribution < 1.29 is 18.8 Å². The molecule has 2 aromatic carbocycles. The van der Waals surface area contributed by atoms with Crippen molar-refractivity contribution in [3.63, 3.8) is 0 Å². The van der Waals surface area contributed by atoms with E-state index in [0.717, 1.165) is 28.2 Å². The summed E-state index contributed by atoms with van der Waals surface area (Å²) in [5.41, 5.74) is 1.03. The molecule has 2 aromatic rings. The Balaban J connectivity index is 2.05. The number of carbonyl (C=O) groups excluding carboxylic acids is 1. The van der Waals surface area contributed by atoms with Gasteiger partial charge < -0.3 is 10.1 Å². The van der Waals surface area contributed by atoms with Gasteiger partial charge in [0.1, 0.15) is 5.82 Å². The van der Waals surface area contributed by atoms with Crippen molar-refractivity contribution in [3.05, 3.63) is 62.4 Å². The minimum atomic E-state index is -0.703. The highest BCUT2D eigenvalue weighted by Crippen LogP contribution is 2.27. The molecule has 23 heavy (non-hydrogen) atoms. The first kappa shape index (κ1) is 16.9. The Hall–Kier alpha value is -2.48. The van der Waals surface area contributed by atoms with Crippen molar-refractivity contribution >= 4 is 33.2 Å². The molecule has 0 aliphatic carbocycles. The van der Waals surface area contributed by atoms with Gasteiger partial charge in [0.2, 0.25) is 5.75 Å². The number of ether oxygens (including phenoxy) is 1. The molecule has 0 unspecified atom stereocenters. The standard InChI is InChI=1S/C15H12BrFN2O4/c1-9-6-10(16)2-4-12(9)18-15(20)8-23-14-7-11(17)3-5-13(14)19(21)22/h2-7H,8H2,1H3,(H,18,20). The lowest BCUT2D eigenvalue weighted by Gasteiger charge is -2.10. The van der Waals surface area contributed by atoms with Crippen LogP contribution < -0.4 is 10.1 Å². The van der Waals surface area contributed by atoms with E-state index >= 15 is 0 Å². The molecule has 0 radical (unpaired) electrons. The number of nitrogens with zero attached hydrogens (tertiary/aromatic N) is 1. The predicted molar refractivity (Wildman–Crippen MR) is 86.1 cm³/mol. The second-order valence-electron chi connectivity index (χ2n) is 4.67. The van der Waals surface area contributed by atoms with E-state index in [9.17, 15) is 19.3 Å². The number of nitro groups is 1. The van der Waals surface area contributed by atoms with Gasteiger partial charge in [0, 0.05) is 22.3 Å². The number of nitro benzene ring substituents is 1. The van der Waals surface area contributed by atoms with Crippen LogP contribution >= 0.6 is 15.9 Å². The fourth-order valence-corrected chi connectivity index (χ4v) is 2.33. The number of anilines is 1. The van der Waals surface area contributed by atoms with Gasteiger partial charge in [0.15, 0.2) is 6.61 Å². The Kier molecular flexibility index (Phi) is 5.28. The topological polar surface area (TPSA) is 81.5 Å². The summed E-state index contributed by atoms with van der Waals surface area (Å²) in [5.74, 6) is -1.48. The molecule has 0 aliphatic heterocycles. The maximum atomic E-state index is 13.2. The average molecular weight is 383 g/mol. The predicted octanol–water partition coefficient (Wildman–Crippen LogP) is 3.82. The van der Waals surface area contributed by atoms with Crippen molar-refractivity contribution in [2.45, 2.75) is 6.92 Å². The zero-order valence-electron chi connectivity index (χ0n) is 12.0. The number of nitrogens with one attached hydrogen (secondary N) is 1. The molecule has 0 bridgehead atoms. The Morgan fingerprint density at radius 2 is 2.09 bits per heavy atom. The summed E-state index contributed by atoms with van der Waals surface area (Å²) in [6.45, 7) is 1.35. The van der Waals surface area contributed by atoms with Crippen molar-refractivity contribution in [1.82, 2.24) is 0 Å². The third kappa shape index (κ3) is 4.49. The molecule has 2 rings (SSSR count). The summed E-state index contributed by atoms with van der Waals surface area (Å²) in [6, 6.07) is 8.12. The molecular formula is C15H12BrFN2O4. The first-order valence-corrected chi connectivity index (χ1v) is 7.29. The summed E-state index contributed by atoms with van der Waals surface area (Å²) >= 11 is 3.32. The molecule has 0 fully saturated rings. The monoisotopic (exact) mass is 382 g/mol. The lowest BCUT2D eigenvalue weighted by molar-refractivity contribution is -0.385. The molecule has 0 saturated heterocycles. The van der Waals surface area contributed by atoms with E-state index in [-0.39, 0.29) is 5.75 Å². The van der Waals surface area contributed by atoms with Gasteiger partial charge in [0.25, 0.3) is 5.91 Å². The molecule has 1 N–H and O–H groups in total. The maximum Gasteiger partial charge on any atom is 0.311 e. The van der Waals surface area contributed by atoms with Crippen LogP contribution in [0.15, 0.2) is 40.9 Å². The number of aryl methyl sites for hydroxylation is 1. The minimum absolute atomic E-state index is 0.294. The lowest BCUT2D eigenvalue weighted by atomic mass is 10.2. The van der Waals surface area contributed by atoms with E-state index in [4.69, 9.17) is 4.74 Å². The third-order valence-corrected chi connectivity index (χ3v) is 3.43. The highest BCUT2D eigenvalue weighted by atomic mass is 79.9. The quantitative estimate of drug-likeness (QED) is 0.629. The molecule has 0 spiro atoms. The van der Waals surface area contributed by atoms with Gasteiger partial charge in [-0.05, 0) is 36.8 Å². The smallest absolute Gasteiger partial charge is 0.311 e. The van der Waals surface area contributed by atoms with Gasteiger partial charge in [-0.2, -0.15) is 0 Å². The summed E-state index contributed by atoms with van der Waals surface area (Å²) in [7, 11) is 0. The van der Waals surface area contributed by atoms with Crippen LogP contribution in [0, 0.1) is 22.9 Å². The third-order valence-electron chi connectivity index (χ3n) is 2.94. The van der Waals surface area contributed by atoms with E-state index in [1.165, 1.54) is 0 Å². The Morgan fingerprint density at radius 3 is 2.74 bits per heavy atom. The minimum Gasteiger partial charge on any atom is -0.477 e. The van der Waals surface area contributed by atoms with Crippen LogP contribution in [0.1, 0.15) is 5.56 Å². The fraction of sp³-hybridized carbons (Fsp3) is 0.133. The van der Waals surface area contributed by atoms with Crippen molar-refractivity contribution in [2.75, 3.05) is 11.9 Å². The molecule has 8 heteroatoms. The van der Waals surface area contributed by atoms with Gasteiger partial charge in [-0.3, -0.25) is 14.9 Å². The Morgan fingerprint density at radius 1 is 1.35 bits per heavy atom. The molecule has 0 aromatic heterocycles. The molecular weight excluding hydrogens is 371 g/mol. The summed E-state index contributed by atoms with van der Waals surface area (Å²) in [6.07, 6.45) is 0. The van der Waals surface area contributed by atoms with Gasteiger partial charge in [-0.25, -0.2) is 4.39 Å². The molecule has 6 nitrogen and oxygen atoms in total. The summed E-state index contributed by atoms with van der Waals surface area (Å²) < 4.78 is 19.1. The zero-order valence-corrected chi connectivity index (χ0v) is 13.6. The van der Waals surface area contributed by atoms with Crippen molar-refractivity contribution in [1.29, 1.82) is 0 Å². The van der Waals surface area contributed by atoms with Crippen LogP contribution in [0.5, 0.6) is 5.75 Å². The average Bonchev–Trinajstić information content (AvgIpc) is 2.48. The molecule has 120 valence electrons. The Labute approximate surface area is 139 Å². The number of hydrogen-bond donors (Lipinski definition) is 1. The van der Waals surface area contributed by atoms with Crippen LogP contribution in [0.2, 0.25) is 0 Å². The highest BCUT2D eigenvalue weighted by molar-refractivity contribution is 9.10. The molecule has 0 heterocycles. The number of benzene rings is 2. The summed E-state index contributed by atoms with van der Waals surface area (Å²) in [5, 5.41) is 13.5. The van der Waals surface area contributed by atoms with Crippen LogP contribution in [0.4, 0.5) is 15.8 Å². The first-order chi connectivity index (χ1) is 10.9. The van der Waals surface area contributed by atoms with Crippen molar-refractivity contribution in [3.8, 4) is 5.75 Å². The molecule has 0 atom stereocenters. The van der Waals surface area contributed by atoms with E-state index in [1.807, 2.05) is 13.0 Å². The highest BCUT2D eigenvalue weighted by Gasteiger charge is 2.17. The van der Waals surface area contributed by atoms with Crippen LogP contribution in [0.25, 0.3) is 0 Å². The lowest BCUT2D eigenvalue weighted by Crippen LogP contribution is -2.21. The first-order valence-electron chi connectivity index (χ1n) is 6.49. The van der Waals surface area contributed by atoms with Gasteiger partial charge >= 0.3 is 5.69 Å². The molecule has 1 amide bonds. The van der Waals surface area contributed by atoms with E-state index in [1.54, 1.807) is 12.1 Å². The van der Waals surface area contributed by atoms with E-state index in [2.05, 4.69) is 21.2 Å². The molecule has 0 aliphatic rings. The number of carbonyl (C=O) groups is 1. The van der Waals surface area contributed by atoms with Gasteiger partial charge in [-0.15, -0.1) is 0 Å². The maximum absolute atomic E-state index is 13.2. The molecule has 0 saturated carbocycles. The zero-order chi connectivity index (χ0) is 17.0. The van der Waals surface area contributed by atoms with Crippen LogP contribution in [-0.4, -0.2) is 17.4 Å². The number of hydrogen-bond acceptors (Lipinski definition) is 4. The number of rotatable bonds is 5. The van der Waals surface area contributed by atoms with E-state index < -0.39 is 28.9 Å². The number of halogens is 2. The second kappa shape index (κ2) is 7.19. The van der Waals surface area contributed by atoms with Crippen LogP contribution in [-0.2, 0) is 4.79 Å². The van der Waals surface area contributed by atoms with E-state index in [0.29, 0.717) is 5.69 Å². The second-order valence-corrected chi connectivity index (χ2v) is 5.58. The number of amides is 1.